The molecular weight excluding hydrogens is 293 g/mol. The van der Waals surface area contributed by atoms with Crippen LogP contribution in [-0.2, 0) is 4.79 Å². The number of fused-ring (bicyclic) bond motifs is 1. The summed E-state index contributed by atoms with van der Waals surface area (Å²) in [5.74, 6) is -0.828. The van der Waals surface area contributed by atoms with Crippen LogP contribution in [0.4, 0.5) is 4.39 Å². The van der Waals surface area contributed by atoms with Crippen LogP contribution in [0.2, 0.25) is 0 Å². The molecule has 4 heteroatoms. The molecule has 0 saturated heterocycles. The van der Waals surface area contributed by atoms with E-state index in [-0.39, 0.29) is 11.7 Å². The van der Waals surface area contributed by atoms with Gasteiger partial charge in [-0.25, -0.2) is 4.39 Å². The predicted molar refractivity (Wildman–Crippen MR) is 89.8 cm³/mol. The Labute approximate surface area is 136 Å². The highest BCUT2D eigenvalue weighted by atomic mass is 19.1. The number of carbonyl (C=O) groups is 1. The van der Waals surface area contributed by atoms with Crippen LogP contribution in [0, 0.1) is 11.7 Å². The van der Waals surface area contributed by atoms with E-state index in [0.29, 0.717) is 0 Å². The lowest BCUT2D eigenvalue weighted by molar-refractivity contribution is -0.138. The van der Waals surface area contributed by atoms with Gasteiger partial charge in [-0.15, -0.1) is 0 Å². The molecule has 0 amide bonds. The molecule has 0 atom stereocenters. The van der Waals surface area contributed by atoms with Gasteiger partial charge in [-0.1, -0.05) is 44.6 Å². The van der Waals surface area contributed by atoms with Crippen LogP contribution in [0.5, 0.6) is 0 Å². The lowest BCUT2D eigenvalue weighted by atomic mass is 10.0. The fraction of sp³-hybridized carbons (Fsp3) is 0.474. The molecule has 0 unspecified atom stereocenters. The Kier molecular flexibility index (Phi) is 6.98. The number of carboxylic acid groups (broad SMARTS) is 1. The van der Waals surface area contributed by atoms with Gasteiger partial charge in [0.15, 0.2) is 0 Å². The first-order chi connectivity index (χ1) is 11.2. The predicted octanol–water partition coefficient (Wildman–Crippen LogP) is 5.20. The van der Waals surface area contributed by atoms with Crippen molar-refractivity contribution in [3.8, 4) is 0 Å². The molecule has 0 bridgehead atoms. The van der Waals surface area contributed by atoms with Gasteiger partial charge >= 0.3 is 5.97 Å². The zero-order valence-electron chi connectivity index (χ0n) is 13.4. The monoisotopic (exact) mass is 317 g/mol. The van der Waals surface area contributed by atoms with Crippen molar-refractivity contribution in [3.63, 3.8) is 0 Å². The number of hydrogen-bond acceptors (Lipinski definition) is 2. The fourth-order valence-electron chi connectivity index (χ4n) is 2.44. The van der Waals surface area contributed by atoms with Gasteiger partial charge in [-0.2, -0.15) is 0 Å². The van der Waals surface area contributed by atoms with Gasteiger partial charge in [0.2, 0.25) is 0 Å². The van der Waals surface area contributed by atoms with Crippen molar-refractivity contribution in [1.82, 2.24) is 4.98 Å². The van der Waals surface area contributed by atoms with E-state index in [9.17, 15) is 9.18 Å². The third-order valence-corrected chi connectivity index (χ3v) is 3.99. The first-order valence-corrected chi connectivity index (χ1v) is 8.40. The second-order valence-electron chi connectivity index (χ2n) is 6.07. The van der Waals surface area contributed by atoms with Crippen molar-refractivity contribution in [2.75, 3.05) is 0 Å². The summed E-state index contributed by atoms with van der Waals surface area (Å²) in [4.78, 5) is 13.8. The molecule has 2 aromatic rings. The van der Waals surface area contributed by atoms with Crippen LogP contribution < -0.4 is 0 Å². The summed E-state index contributed by atoms with van der Waals surface area (Å²) >= 11 is 0. The van der Waals surface area contributed by atoms with Crippen molar-refractivity contribution in [2.24, 2.45) is 5.92 Å². The van der Waals surface area contributed by atoms with Crippen molar-refractivity contribution in [3.05, 3.63) is 42.3 Å². The molecule has 2 fully saturated rings. The van der Waals surface area contributed by atoms with Gasteiger partial charge in [0.1, 0.15) is 5.82 Å². The molecule has 1 aromatic heterocycles. The molecule has 2 saturated carbocycles. The average Bonchev–Trinajstić information content (AvgIpc) is 3.43. The Hall–Kier alpha value is -1.97. The molecule has 1 aromatic carbocycles. The van der Waals surface area contributed by atoms with E-state index >= 15 is 0 Å². The summed E-state index contributed by atoms with van der Waals surface area (Å²) in [5.41, 5.74) is 0.828. The highest BCUT2D eigenvalue weighted by Crippen LogP contribution is 2.28. The maximum atomic E-state index is 12.6. The standard InChI is InChI=1S/C9H6FN.C6H12.C4H6O2/c10-8-3-4-9-7(6-8)2-1-5-11-9;1-2-4-6-5-3-1;5-4(6)3-1-2-3/h1-6H;1-6H2;3H,1-2H2,(H,5,6). The maximum absolute atomic E-state index is 12.6. The third-order valence-electron chi connectivity index (χ3n) is 3.99. The number of benzene rings is 1. The first kappa shape index (κ1) is 17.4. The summed E-state index contributed by atoms with van der Waals surface area (Å²) in [6, 6.07) is 8.19. The number of aromatic nitrogens is 1. The number of pyridine rings is 1. The number of carboxylic acids is 1. The largest absolute Gasteiger partial charge is 0.481 e. The second kappa shape index (κ2) is 9.23. The normalized spacial score (nSPS) is 16.6. The van der Waals surface area contributed by atoms with Crippen LogP contribution in [0.25, 0.3) is 10.9 Å². The van der Waals surface area contributed by atoms with Gasteiger partial charge in [0.25, 0.3) is 0 Å². The van der Waals surface area contributed by atoms with Crippen LogP contribution >= 0.6 is 0 Å². The molecule has 0 spiro atoms. The Morgan fingerprint density at radius 2 is 1.65 bits per heavy atom. The van der Waals surface area contributed by atoms with Crippen molar-refractivity contribution < 1.29 is 14.3 Å². The minimum atomic E-state index is -0.630. The topological polar surface area (TPSA) is 50.2 Å². The third kappa shape index (κ3) is 6.76. The summed E-state index contributed by atoms with van der Waals surface area (Å²) in [7, 11) is 0. The van der Waals surface area contributed by atoms with Gasteiger partial charge in [-0.05, 0) is 37.1 Å². The number of rotatable bonds is 1. The van der Waals surface area contributed by atoms with Gasteiger partial charge in [0.05, 0.1) is 11.4 Å². The molecule has 124 valence electrons. The zero-order valence-corrected chi connectivity index (χ0v) is 13.4. The first-order valence-electron chi connectivity index (χ1n) is 8.40. The Balaban J connectivity index is 0.000000136. The minimum absolute atomic E-state index is 0.0185. The highest BCUT2D eigenvalue weighted by molar-refractivity contribution is 5.77. The second-order valence-corrected chi connectivity index (χ2v) is 6.07. The molecule has 3 nitrogen and oxygen atoms in total. The number of hydrogen-bond donors (Lipinski definition) is 1. The van der Waals surface area contributed by atoms with Crippen molar-refractivity contribution >= 4 is 16.9 Å². The molecule has 23 heavy (non-hydrogen) atoms. The van der Waals surface area contributed by atoms with Crippen molar-refractivity contribution in [2.45, 2.75) is 51.4 Å². The van der Waals surface area contributed by atoms with E-state index in [4.69, 9.17) is 5.11 Å². The lowest BCUT2D eigenvalue weighted by Crippen LogP contribution is -1.94. The zero-order chi connectivity index (χ0) is 16.5. The fourth-order valence-corrected chi connectivity index (χ4v) is 2.44. The molecule has 4 rings (SSSR count). The van der Waals surface area contributed by atoms with E-state index in [1.807, 2.05) is 6.07 Å². The summed E-state index contributed by atoms with van der Waals surface area (Å²) in [6.07, 6.45) is 12.5. The van der Waals surface area contributed by atoms with E-state index in [0.717, 1.165) is 23.7 Å². The summed E-state index contributed by atoms with van der Waals surface area (Å²) < 4.78 is 12.6. The average molecular weight is 317 g/mol. The molecule has 1 heterocycles. The molecular formula is C19H24FNO2. The van der Waals surface area contributed by atoms with Crippen LogP contribution in [-0.4, -0.2) is 16.1 Å². The lowest BCUT2D eigenvalue weighted by Gasteiger charge is -2.05. The molecule has 0 aliphatic heterocycles. The summed E-state index contributed by atoms with van der Waals surface area (Å²) in [5, 5.41) is 8.89. The highest BCUT2D eigenvalue weighted by Gasteiger charge is 2.28. The Morgan fingerprint density at radius 3 is 2.13 bits per heavy atom. The summed E-state index contributed by atoms with van der Waals surface area (Å²) in [6.45, 7) is 0. The van der Waals surface area contributed by atoms with Crippen LogP contribution in [0.3, 0.4) is 0 Å². The van der Waals surface area contributed by atoms with Crippen molar-refractivity contribution in [1.29, 1.82) is 0 Å². The molecule has 1 N–H and O–H groups in total. The SMILES string of the molecule is C1CCCCC1.Fc1ccc2ncccc2c1.O=C(O)C1CC1. The van der Waals surface area contributed by atoms with Crippen LogP contribution in [0.1, 0.15) is 51.4 Å². The van der Waals surface area contributed by atoms with E-state index < -0.39 is 5.97 Å². The quantitative estimate of drug-likeness (QED) is 0.787. The number of halogens is 1. The Morgan fingerprint density at radius 1 is 1.04 bits per heavy atom. The minimum Gasteiger partial charge on any atom is -0.481 e. The number of nitrogens with zero attached hydrogens (tertiary/aromatic N) is 1. The van der Waals surface area contributed by atoms with E-state index in [2.05, 4.69) is 4.98 Å². The van der Waals surface area contributed by atoms with Gasteiger partial charge < -0.3 is 5.11 Å². The molecule has 2 aliphatic carbocycles. The van der Waals surface area contributed by atoms with Gasteiger partial charge in [-0.3, -0.25) is 9.78 Å². The van der Waals surface area contributed by atoms with Crippen LogP contribution in [0.15, 0.2) is 36.5 Å². The number of aliphatic carboxylic acids is 1. The van der Waals surface area contributed by atoms with E-state index in [1.165, 1.54) is 50.7 Å². The smallest absolute Gasteiger partial charge is 0.306 e. The Bertz CT molecular complexity index is 610. The van der Waals surface area contributed by atoms with Gasteiger partial charge in [0, 0.05) is 11.6 Å². The maximum Gasteiger partial charge on any atom is 0.306 e. The molecule has 0 radical (unpaired) electrons. The molecule has 2 aliphatic rings. The van der Waals surface area contributed by atoms with E-state index in [1.54, 1.807) is 18.3 Å².